The van der Waals surface area contributed by atoms with Gasteiger partial charge in [0.1, 0.15) is 0 Å². The van der Waals surface area contributed by atoms with E-state index in [1.165, 1.54) is 99.3 Å². The van der Waals surface area contributed by atoms with Crippen LogP contribution in [0.2, 0.25) is 0 Å². The number of anilines is 3. The maximum Gasteiger partial charge on any atom is 0.0575 e. The Kier molecular flexibility index (Phi) is 8.77. The molecule has 1 aromatic heterocycles. The first-order chi connectivity index (χ1) is 31.4. The largest absolute Gasteiger partial charge is 0.343 e. The Morgan fingerprint density at radius 3 is 1.42 bits per heavy atom. The summed E-state index contributed by atoms with van der Waals surface area (Å²) in [5, 5.41) is 6.41. The number of nitrogens with zero attached hydrogens (tertiary/aromatic N) is 2. The molecule has 0 fully saturated rings. The summed E-state index contributed by atoms with van der Waals surface area (Å²) in [6, 6.07) is 82.5. The molecule has 0 atom stereocenters. The standard InChI is InChI=1S/C62H46N2/c1-62(2)56-25-15-14-22-52(56)53-39-38-49(40-57(53)62)64(47-34-30-43(31-35-47)41-16-6-4-7-17-41)48-36-32-44(33-37-48)42-26-28-45(29-27-42)58-59-54-23-12-10-20-50(54)51-21-11-13-24-55(51)61(59)63(3)60(58)46-18-8-5-9-19-46/h4-40H,1-3H3. The number of benzene rings is 10. The number of hydrogen-bond donors (Lipinski definition) is 0. The Balaban J connectivity index is 0.954. The highest BCUT2D eigenvalue weighted by Gasteiger charge is 2.35. The molecule has 11 aromatic rings. The van der Waals surface area contributed by atoms with Gasteiger partial charge in [-0.1, -0.05) is 202 Å². The SMILES string of the molecule is Cn1c(-c2ccccc2)c(-c2ccc(-c3ccc(N(c4ccc(-c5ccccc5)cc4)c4ccc5c(c4)C(C)(C)c4ccccc4-5)cc3)cc2)c2c3ccccc3c3ccccc3c21. The van der Waals surface area contributed by atoms with Crippen LogP contribution in [0.25, 0.3) is 88.2 Å². The Bertz CT molecular complexity index is 3540. The highest BCUT2D eigenvalue weighted by atomic mass is 15.1. The molecule has 0 N–H and O–H groups in total. The molecule has 2 nitrogen and oxygen atoms in total. The third kappa shape index (κ3) is 5.94. The first kappa shape index (κ1) is 37.8. The van der Waals surface area contributed by atoms with Crippen molar-refractivity contribution in [3.8, 4) is 55.8 Å². The predicted molar refractivity (Wildman–Crippen MR) is 272 cm³/mol. The summed E-state index contributed by atoms with van der Waals surface area (Å²) in [7, 11) is 2.23. The van der Waals surface area contributed by atoms with Crippen LogP contribution in [0.5, 0.6) is 0 Å². The smallest absolute Gasteiger partial charge is 0.0575 e. The van der Waals surface area contributed by atoms with Gasteiger partial charge in [-0.05, 0) is 108 Å². The van der Waals surface area contributed by atoms with E-state index in [4.69, 9.17) is 0 Å². The average Bonchev–Trinajstić information content (AvgIpc) is 3.79. The molecule has 12 rings (SSSR count). The molecular weight excluding hydrogens is 773 g/mol. The fourth-order valence-electron chi connectivity index (χ4n) is 10.7. The molecule has 2 heteroatoms. The second-order valence-corrected chi connectivity index (χ2v) is 17.7. The predicted octanol–water partition coefficient (Wildman–Crippen LogP) is 16.9. The van der Waals surface area contributed by atoms with Crippen LogP contribution in [0, 0.1) is 0 Å². The van der Waals surface area contributed by atoms with E-state index in [1.807, 2.05) is 0 Å². The summed E-state index contributed by atoms with van der Waals surface area (Å²) in [5.74, 6) is 0. The molecule has 0 unspecified atom stereocenters. The van der Waals surface area contributed by atoms with E-state index in [-0.39, 0.29) is 5.41 Å². The molecule has 0 bridgehead atoms. The molecule has 1 aliphatic rings. The van der Waals surface area contributed by atoms with Crippen LogP contribution in [0.1, 0.15) is 25.0 Å². The second kappa shape index (κ2) is 14.9. The summed E-state index contributed by atoms with van der Waals surface area (Å²) in [6.07, 6.45) is 0. The van der Waals surface area contributed by atoms with Crippen molar-refractivity contribution in [2.75, 3.05) is 4.90 Å². The van der Waals surface area contributed by atoms with Crippen LogP contribution in [0.15, 0.2) is 224 Å². The minimum absolute atomic E-state index is 0.102. The van der Waals surface area contributed by atoms with Crippen LogP contribution in [0.4, 0.5) is 17.1 Å². The van der Waals surface area contributed by atoms with E-state index in [9.17, 15) is 0 Å². The third-order valence-corrected chi connectivity index (χ3v) is 13.8. The molecule has 1 heterocycles. The summed E-state index contributed by atoms with van der Waals surface area (Å²) in [6.45, 7) is 4.71. The molecule has 0 aliphatic heterocycles. The molecule has 0 radical (unpaired) electrons. The number of hydrogen-bond acceptors (Lipinski definition) is 1. The highest BCUT2D eigenvalue weighted by Crippen LogP contribution is 2.51. The lowest BCUT2D eigenvalue weighted by molar-refractivity contribution is 0.660. The first-order valence-corrected chi connectivity index (χ1v) is 22.3. The molecule has 64 heavy (non-hydrogen) atoms. The van der Waals surface area contributed by atoms with Gasteiger partial charge in [0.05, 0.1) is 11.2 Å². The van der Waals surface area contributed by atoms with Gasteiger partial charge in [0.15, 0.2) is 0 Å². The quantitative estimate of drug-likeness (QED) is 0.145. The normalized spacial score (nSPS) is 12.7. The molecule has 10 aromatic carbocycles. The van der Waals surface area contributed by atoms with Gasteiger partial charge in [-0.15, -0.1) is 0 Å². The highest BCUT2D eigenvalue weighted by molar-refractivity contribution is 6.29. The molecule has 0 saturated heterocycles. The maximum atomic E-state index is 2.42. The van der Waals surface area contributed by atoms with Gasteiger partial charge in [0, 0.05) is 45.9 Å². The lowest BCUT2D eigenvalue weighted by Crippen LogP contribution is -2.16. The fourth-order valence-corrected chi connectivity index (χ4v) is 10.7. The Hall–Kier alpha value is -7.94. The molecule has 1 aliphatic carbocycles. The number of aromatic nitrogens is 1. The topological polar surface area (TPSA) is 8.17 Å². The van der Waals surface area contributed by atoms with E-state index in [0.717, 1.165) is 17.1 Å². The zero-order valence-electron chi connectivity index (χ0n) is 36.3. The lowest BCUT2D eigenvalue weighted by atomic mass is 9.82. The van der Waals surface area contributed by atoms with Crippen molar-refractivity contribution in [2.45, 2.75) is 19.3 Å². The van der Waals surface area contributed by atoms with Gasteiger partial charge in [-0.3, -0.25) is 0 Å². The monoisotopic (exact) mass is 818 g/mol. The number of rotatable bonds is 7. The second-order valence-electron chi connectivity index (χ2n) is 17.7. The van der Waals surface area contributed by atoms with Gasteiger partial charge in [-0.2, -0.15) is 0 Å². The molecule has 304 valence electrons. The third-order valence-electron chi connectivity index (χ3n) is 13.8. The van der Waals surface area contributed by atoms with E-state index in [0.29, 0.717) is 0 Å². The lowest BCUT2D eigenvalue weighted by Gasteiger charge is -2.28. The van der Waals surface area contributed by atoms with Gasteiger partial charge < -0.3 is 9.47 Å². The minimum atomic E-state index is -0.102. The fraction of sp³-hybridized carbons (Fsp3) is 0.0645. The molecule has 0 spiro atoms. The summed E-state index contributed by atoms with van der Waals surface area (Å²) >= 11 is 0. The van der Waals surface area contributed by atoms with Crippen molar-refractivity contribution in [3.05, 3.63) is 236 Å². The zero-order valence-corrected chi connectivity index (χ0v) is 36.3. The molecule has 0 amide bonds. The van der Waals surface area contributed by atoms with Gasteiger partial charge in [-0.25, -0.2) is 0 Å². The van der Waals surface area contributed by atoms with Crippen molar-refractivity contribution in [1.29, 1.82) is 0 Å². The van der Waals surface area contributed by atoms with Crippen LogP contribution in [-0.2, 0) is 12.5 Å². The Labute approximate surface area is 375 Å². The summed E-state index contributed by atoms with van der Waals surface area (Å²) in [4.78, 5) is 2.40. The number of aryl methyl sites for hydroxylation is 1. The number of fused-ring (bicyclic) bond motifs is 9. The molecule has 0 saturated carbocycles. The van der Waals surface area contributed by atoms with Gasteiger partial charge in [0.2, 0.25) is 0 Å². The van der Waals surface area contributed by atoms with Crippen molar-refractivity contribution in [1.82, 2.24) is 4.57 Å². The van der Waals surface area contributed by atoms with Crippen LogP contribution in [-0.4, -0.2) is 4.57 Å². The maximum absolute atomic E-state index is 2.42. The van der Waals surface area contributed by atoms with E-state index < -0.39 is 0 Å². The molecular formula is C62H46N2. The average molecular weight is 819 g/mol. The van der Waals surface area contributed by atoms with Gasteiger partial charge in [0.25, 0.3) is 0 Å². The van der Waals surface area contributed by atoms with Gasteiger partial charge >= 0.3 is 0 Å². The first-order valence-electron chi connectivity index (χ1n) is 22.3. The minimum Gasteiger partial charge on any atom is -0.343 e. The van der Waals surface area contributed by atoms with Crippen molar-refractivity contribution in [2.24, 2.45) is 7.05 Å². The van der Waals surface area contributed by atoms with Crippen molar-refractivity contribution in [3.63, 3.8) is 0 Å². The van der Waals surface area contributed by atoms with Crippen LogP contribution < -0.4 is 4.90 Å². The van der Waals surface area contributed by atoms with Crippen molar-refractivity contribution < 1.29 is 0 Å². The Morgan fingerprint density at radius 2 is 0.797 bits per heavy atom. The Morgan fingerprint density at radius 1 is 0.359 bits per heavy atom. The van der Waals surface area contributed by atoms with Crippen LogP contribution >= 0.6 is 0 Å². The summed E-state index contributed by atoms with van der Waals surface area (Å²) in [5.41, 5.74) is 19.6. The van der Waals surface area contributed by atoms with Crippen LogP contribution in [0.3, 0.4) is 0 Å². The van der Waals surface area contributed by atoms with E-state index >= 15 is 0 Å². The van der Waals surface area contributed by atoms with E-state index in [2.05, 4.69) is 255 Å². The zero-order chi connectivity index (χ0) is 42.9. The summed E-state index contributed by atoms with van der Waals surface area (Å²) < 4.78 is 2.42. The van der Waals surface area contributed by atoms with Crippen molar-refractivity contribution >= 4 is 49.5 Å². The van der Waals surface area contributed by atoms with E-state index in [1.54, 1.807) is 0 Å².